The van der Waals surface area contributed by atoms with Crippen molar-refractivity contribution in [3.05, 3.63) is 59.7 Å². The number of nitrogens with one attached hydrogen (secondary N) is 1. The molecule has 0 aliphatic carbocycles. The van der Waals surface area contributed by atoms with E-state index in [0.29, 0.717) is 17.0 Å². The molecule has 1 amide bonds. The maximum atomic E-state index is 12.0. The smallest absolute Gasteiger partial charge is 0.313 e. The fourth-order valence-electron chi connectivity index (χ4n) is 2.07. The lowest BCUT2D eigenvalue weighted by Gasteiger charge is -2.19. The Morgan fingerprint density at radius 3 is 2.17 bits per heavy atom. The first-order chi connectivity index (χ1) is 11.3. The molecule has 0 radical (unpaired) electrons. The quantitative estimate of drug-likeness (QED) is 0.775. The van der Waals surface area contributed by atoms with Crippen LogP contribution in [0.25, 0.3) is 0 Å². The van der Waals surface area contributed by atoms with E-state index in [1.165, 1.54) is 17.3 Å². The minimum Gasteiger partial charge on any atom is -0.481 e. The van der Waals surface area contributed by atoms with Crippen LogP contribution in [-0.4, -0.2) is 22.7 Å². The van der Waals surface area contributed by atoms with Crippen LogP contribution >= 0.6 is 11.8 Å². The highest BCUT2D eigenvalue weighted by Gasteiger charge is 2.29. The summed E-state index contributed by atoms with van der Waals surface area (Å²) in [5.74, 6) is -0.648. The molecule has 2 rings (SSSR count). The first-order valence-electron chi connectivity index (χ1n) is 7.62. The first-order valence-corrected chi connectivity index (χ1v) is 8.61. The predicted octanol–water partition coefficient (Wildman–Crippen LogP) is 4.09. The maximum Gasteiger partial charge on any atom is 0.313 e. The van der Waals surface area contributed by atoms with E-state index >= 15 is 0 Å². The standard InChI is InChI=1S/C19H21NO3S/c1-13-4-10-16(11-5-13)24-12-17(21)20-15-8-6-14(7-9-15)19(2,3)18(22)23/h4-11H,12H2,1-3H3,(H,20,21)(H,22,23). The monoisotopic (exact) mass is 343 g/mol. The van der Waals surface area contributed by atoms with E-state index in [4.69, 9.17) is 0 Å². The summed E-state index contributed by atoms with van der Waals surface area (Å²) >= 11 is 1.48. The number of hydrogen-bond acceptors (Lipinski definition) is 3. The van der Waals surface area contributed by atoms with Gasteiger partial charge in [0, 0.05) is 10.6 Å². The van der Waals surface area contributed by atoms with Crippen molar-refractivity contribution in [3.63, 3.8) is 0 Å². The van der Waals surface area contributed by atoms with E-state index in [2.05, 4.69) is 5.32 Å². The number of anilines is 1. The fraction of sp³-hybridized carbons (Fsp3) is 0.263. The van der Waals surface area contributed by atoms with Crippen molar-refractivity contribution in [2.24, 2.45) is 0 Å². The minimum atomic E-state index is -0.955. The summed E-state index contributed by atoms with van der Waals surface area (Å²) < 4.78 is 0. The number of aryl methyl sites for hydroxylation is 1. The zero-order valence-corrected chi connectivity index (χ0v) is 14.8. The molecule has 0 aliphatic rings. The van der Waals surface area contributed by atoms with Gasteiger partial charge >= 0.3 is 5.97 Å². The van der Waals surface area contributed by atoms with Gasteiger partial charge in [0.05, 0.1) is 11.2 Å². The third-order valence-electron chi connectivity index (χ3n) is 3.82. The Bertz CT molecular complexity index is 721. The number of benzene rings is 2. The van der Waals surface area contributed by atoms with Crippen molar-refractivity contribution in [1.82, 2.24) is 0 Å². The van der Waals surface area contributed by atoms with Crippen molar-refractivity contribution in [2.45, 2.75) is 31.1 Å². The van der Waals surface area contributed by atoms with E-state index in [1.807, 2.05) is 31.2 Å². The van der Waals surface area contributed by atoms with E-state index in [1.54, 1.807) is 38.1 Å². The van der Waals surface area contributed by atoms with Crippen LogP contribution in [0.15, 0.2) is 53.4 Å². The van der Waals surface area contributed by atoms with E-state index < -0.39 is 11.4 Å². The largest absolute Gasteiger partial charge is 0.481 e. The molecule has 0 heterocycles. The van der Waals surface area contributed by atoms with Crippen molar-refractivity contribution in [1.29, 1.82) is 0 Å². The number of amides is 1. The van der Waals surface area contributed by atoms with Gasteiger partial charge in [-0.2, -0.15) is 0 Å². The normalized spacial score (nSPS) is 11.1. The molecule has 0 aromatic heterocycles. The number of carbonyl (C=O) groups is 2. The van der Waals surface area contributed by atoms with Crippen LogP contribution in [0.5, 0.6) is 0 Å². The van der Waals surface area contributed by atoms with Gasteiger partial charge in [-0.3, -0.25) is 9.59 Å². The average molecular weight is 343 g/mol. The van der Waals surface area contributed by atoms with Crippen LogP contribution in [0.3, 0.4) is 0 Å². The molecule has 126 valence electrons. The van der Waals surface area contributed by atoms with Crippen LogP contribution < -0.4 is 5.32 Å². The van der Waals surface area contributed by atoms with Gasteiger partial charge < -0.3 is 10.4 Å². The van der Waals surface area contributed by atoms with Gasteiger partial charge in [0.25, 0.3) is 0 Å². The summed E-state index contributed by atoms with van der Waals surface area (Å²) in [6.45, 7) is 5.33. The molecule has 0 spiro atoms. The molecule has 0 aliphatic heterocycles. The van der Waals surface area contributed by atoms with Crippen molar-refractivity contribution in [3.8, 4) is 0 Å². The van der Waals surface area contributed by atoms with Gasteiger partial charge in [0.15, 0.2) is 0 Å². The second kappa shape index (κ2) is 7.53. The summed E-state index contributed by atoms with van der Waals surface area (Å²) in [4.78, 5) is 24.3. The lowest BCUT2D eigenvalue weighted by molar-refractivity contribution is -0.142. The van der Waals surface area contributed by atoms with Crippen LogP contribution in [0.4, 0.5) is 5.69 Å². The van der Waals surface area contributed by atoms with Gasteiger partial charge in [-0.15, -0.1) is 11.8 Å². The Kier molecular flexibility index (Phi) is 5.67. The zero-order chi connectivity index (χ0) is 17.7. The molecule has 4 nitrogen and oxygen atoms in total. The molecule has 2 N–H and O–H groups in total. The molecule has 24 heavy (non-hydrogen) atoms. The van der Waals surface area contributed by atoms with Crippen molar-refractivity contribution in [2.75, 3.05) is 11.1 Å². The topological polar surface area (TPSA) is 66.4 Å². The molecule has 2 aromatic rings. The summed E-state index contributed by atoms with van der Waals surface area (Å²) in [6.07, 6.45) is 0. The Labute approximate surface area is 146 Å². The minimum absolute atomic E-state index is 0.0918. The SMILES string of the molecule is Cc1ccc(SCC(=O)Nc2ccc(C(C)(C)C(=O)O)cc2)cc1. The number of rotatable bonds is 6. The number of hydrogen-bond donors (Lipinski definition) is 2. The van der Waals surface area contributed by atoms with Gasteiger partial charge in [-0.25, -0.2) is 0 Å². The predicted molar refractivity (Wildman–Crippen MR) is 97.6 cm³/mol. The Morgan fingerprint density at radius 2 is 1.62 bits per heavy atom. The molecular formula is C19H21NO3S. The molecule has 0 unspecified atom stereocenters. The number of thioether (sulfide) groups is 1. The fourth-order valence-corrected chi connectivity index (χ4v) is 2.77. The Morgan fingerprint density at radius 1 is 1.04 bits per heavy atom. The first kappa shape index (κ1) is 18.1. The lowest BCUT2D eigenvalue weighted by Crippen LogP contribution is -2.28. The summed E-state index contributed by atoms with van der Waals surface area (Å²) in [5, 5.41) is 12.1. The number of carbonyl (C=O) groups excluding carboxylic acids is 1. The molecule has 0 saturated carbocycles. The van der Waals surface area contributed by atoms with Crippen LogP contribution in [-0.2, 0) is 15.0 Å². The van der Waals surface area contributed by atoms with Crippen molar-refractivity contribution >= 4 is 29.3 Å². The molecule has 0 saturated heterocycles. The van der Waals surface area contributed by atoms with E-state index in [0.717, 1.165) is 4.90 Å². The second-order valence-corrected chi connectivity index (χ2v) is 7.21. The Hall–Kier alpha value is -2.27. The highest BCUT2D eigenvalue weighted by Crippen LogP contribution is 2.25. The third-order valence-corrected chi connectivity index (χ3v) is 4.83. The number of carboxylic acids is 1. The molecular weight excluding hydrogens is 322 g/mol. The van der Waals surface area contributed by atoms with Gasteiger partial charge in [0.2, 0.25) is 5.91 Å². The Balaban J connectivity index is 1.92. The van der Waals surface area contributed by atoms with Gasteiger partial charge in [-0.1, -0.05) is 29.8 Å². The zero-order valence-electron chi connectivity index (χ0n) is 14.0. The van der Waals surface area contributed by atoms with Crippen LogP contribution in [0, 0.1) is 6.92 Å². The summed E-state index contributed by atoms with van der Waals surface area (Å²) in [7, 11) is 0. The molecule has 2 aromatic carbocycles. The molecule has 0 bridgehead atoms. The van der Waals surface area contributed by atoms with Gasteiger partial charge in [-0.05, 0) is 50.6 Å². The summed E-state index contributed by atoms with van der Waals surface area (Å²) in [6, 6.07) is 15.0. The van der Waals surface area contributed by atoms with E-state index in [9.17, 15) is 14.7 Å². The van der Waals surface area contributed by atoms with E-state index in [-0.39, 0.29) is 5.91 Å². The molecule has 0 fully saturated rings. The van der Waals surface area contributed by atoms with Gasteiger partial charge in [0.1, 0.15) is 0 Å². The number of carboxylic acid groups (broad SMARTS) is 1. The summed E-state index contributed by atoms with van der Waals surface area (Å²) in [5.41, 5.74) is 1.59. The lowest BCUT2D eigenvalue weighted by atomic mass is 9.85. The molecule has 5 heteroatoms. The molecule has 0 atom stereocenters. The van der Waals surface area contributed by atoms with Crippen LogP contribution in [0.2, 0.25) is 0 Å². The third kappa shape index (κ3) is 4.61. The maximum absolute atomic E-state index is 12.0. The average Bonchev–Trinajstić information content (AvgIpc) is 2.54. The van der Waals surface area contributed by atoms with Crippen LogP contribution in [0.1, 0.15) is 25.0 Å². The number of aliphatic carboxylic acids is 1. The second-order valence-electron chi connectivity index (χ2n) is 6.16. The van der Waals surface area contributed by atoms with Crippen molar-refractivity contribution < 1.29 is 14.7 Å². The highest BCUT2D eigenvalue weighted by molar-refractivity contribution is 8.00. The highest BCUT2D eigenvalue weighted by atomic mass is 32.2.